The molecule has 2 N–H and O–H groups in total. The van der Waals surface area contributed by atoms with Gasteiger partial charge in [-0.25, -0.2) is 13.2 Å². The Hall–Kier alpha value is -1.76. The Balaban J connectivity index is 1.88. The topological polar surface area (TPSA) is 84.5 Å². The van der Waals surface area contributed by atoms with Gasteiger partial charge in [0.05, 0.1) is 18.1 Å². The largest absolute Gasteiger partial charge is 0.494 e. The molecule has 0 aliphatic carbocycles. The Kier molecular flexibility index (Phi) is 5.87. The van der Waals surface area contributed by atoms with Crippen LogP contribution in [0.4, 0.5) is 10.5 Å². The number of nitrogens with one attached hydrogen (secondary N) is 2. The Bertz CT molecular complexity index is 658. The summed E-state index contributed by atoms with van der Waals surface area (Å²) >= 11 is 0. The van der Waals surface area contributed by atoms with Gasteiger partial charge >= 0.3 is 6.03 Å². The first-order valence-corrected chi connectivity index (χ1v) is 9.73. The van der Waals surface area contributed by atoms with Crippen LogP contribution in [0.1, 0.15) is 31.7 Å². The minimum absolute atomic E-state index is 0.0175. The molecular formula is C16H24N2O4S. The van der Waals surface area contributed by atoms with Gasteiger partial charge in [0, 0.05) is 11.7 Å². The van der Waals surface area contributed by atoms with Crippen molar-refractivity contribution in [2.75, 3.05) is 23.4 Å². The average molecular weight is 340 g/mol. The average Bonchev–Trinajstić information content (AvgIpc) is 2.81. The molecule has 2 amide bonds. The number of anilines is 1. The lowest BCUT2D eigenvalue weighted by molar-refractivity contribution is 0.249. The highest BCUT2D eigenvalue weighted by Gasteiger charge is 2.28. The van der Waals surface area contributed by atoms with E-state index in [1.54, 1.807) is 6.07 Å². The van der Waals surface area contributed by atoms with Gasteiger partial charge in [-0.2, -0.15) is 0 Å². The van der Waals surface area contributed by atoms with Gasteiger partial charge in [-0.3, -0.25) is 0 Å². The molecule has 1 saturated heterocycles. The molecule has 0 saturated carbocycles. The van der Waals surface area contributed by atoms with E-state index in [0.29, 0.717) is 18.7 Å². The fourth-order valence-corrected chi connectivity index (χ4v) is 4.13. The molecule has 1 fully saturated rings. The van der Waals surface area contributed by atoms with Gasteiger partial charge < -0.3 is 15.4 Å². The van der Waals surface area contributed by atoms with Crippen molar-refractivity contribution in [3.05, 3.63) is 23.8 Å². The van der Waals surface area contributed by atoms with E-state index < -0.39 is 9.84 Å². The Morgan fingerprint density at radius 1 is 1.39 bits per heavy atom. The smallest absolute Gasteiger partial charge is 0.319 e. The quantitative estimate of drug-likeness (QED) is 0.779. The molecular weight excluding hydrogens is 316 g/mol. The second-order valence-electron chi connectivity index (χ2n) is 5.88. The summed E-state index contributed by atoms with van der Waals surface area (Å²) in [6.07, 6.45) is 2.56. The lowest BCUT2D eigenvalue weighted by atomic mass is 10.2. The van der Waals surface area contributed by atoms with Crippen LogP contribution >= 0.6 is 0 Å². The fraction of sp³-hybridized carbons (Fsp3) is 0.562. The zero-order valence-corrected chi connectivity index (χ0v) is 14.4. The van der Waals surface area contributed by atoms with E-state index in [4.69, 9.17) is 4.74 Å². The molecule has 2 rings (SSSR count). The Morgan fingerprint density at radius 3 is 2.78 bits per heavy atom. The van der Waals surface area contributed by atoms with E-state index in [-0.39, 0.29) is 23.6 Å². The van der Waals surface area contributed by atoms with Crippen LogP contribution in [0.5, 0.6) is 5.75 Å². The maximum Gasteiger partial charge on any atom is 0.319 e. The number of carbonyl (C=O) groups is 1. The molecule has 0 spiro atoms. The molecule has 0 aromatic heterocycles. The molecule has 1 aliphatic heterocycles. The monoisotopic (exact) mass is 340 g/mol. The van der Waals surface area contributed by atoms with Gasteiger partial charge in [0.15, 0.2) is 9.84 Å². The van der Waals surface area contributed by atoms with Crippen LogP contribution in [0.15, 0.2) is 18.2 Å². The maximum atomic E-state index is 12.0. The van der Waals surface area contributed by atoms with E-state index in [0.717, 1.165) is 24.2 Å². The van der Waals surface area contributed by atoms with Crippen LogP contribution in [0, 0.1) is 6.92 Å². The van der Waals surface area contributed by atoms with E-state index in [1.807, 2.05) is 19.1 Å². The highest BCUT2D eigenvalue weighted by Crippen LogP contribution is 2.21. The minimum Gasteiger partial charge on any atom is -0.494 e. The van der Waals surface area contributed by atoms with Crippen molar-refractivity contribution >= 4 is 21.6 Å². The molecule has 1 atom stereocenters. The highest BCUT2D eigenvalue weighted by molar-refractivity contribution is 7.91. The standard InChI is InChI=1S/C16H24N2O4S/c1-3-4-8-22-14-5-6-15(12(2)10-14)18-16(19)17-13-7-9-23(20,21)11-13/h5-6,10,13H,3-4,7-9,11H2,1-2H3,(H2,17,18,19)/t13-/m1/s1. The van der Waals surface area contributed by atoms with Crippen molar-refractivity contribution in [1.29, 1.82) is 0 Å². The van der Waals surface area contributed by atoms with E-state index >= 15 is 0 Å². The Labute approximate surface area is 137 Å². The molecule has 7 heteroatoms. The van der Waals surface area contributed by atoms with E-state index in [1.165, 1.54) is 0 Å². The summed E-state index contributed by atoms with van der Waals surface area (Å²) in [5, 5.41) is 5.46. The third-order valence-electron chi connectivity index (χ3n) is 3.78. The zero-order valence-electron chi connectivity index (χ0n) is 13.6. The number of benzene rings is 1. The van der Waals surface area contributed by atoms with Crippen molar-refractivity contribution in [2.24, 2.45) is 0 Å². The Morgan fingerprint density at radius 2 is 2.17 bits per heavy atom. The molecule has 0 unspecified atom stereocenters. The van der Waals surface area contributed by atoms with Gasteiger partial charge in [-0.05, 0) is 43.5 Å². The van der Waals surface area contributed by atoms with Crippen molar-refractivity contribution < 1.29 is 17.9 Å². The fourth-order valence-electron chi connectivity index (χ4n) is 2.45. The normalized spacial score (nSPS) is 19.3. The van der Waals surface area contributed by atoms with Gasteiger partial charge in [0.25, 0.3) is 0 Å². The highest BCUT2D eigenvalue weighted by atomic mass is 32.2. The molecule has 23 heavy (non-hydrogen) atoms. The second kappa shape index (κ2) is 7.68. The first-order chi connectivity index (χ1) is 10.9. The van der Waals surface area contributed by atoms with Gasteiger partial charge in [0.2, 0.25) is 0 Å². The third kappa shape index (κ3) is 5.42. The molecule has 6 nitrogen and oxygen atoms in total. The second-order valence-corrected chi connectivity index (χ2v) is 8.11. The summed E-state index contributed by atoms with van der Waals surface area (Å²) in [5.41, 5.74) is 1.58. The van der Waals surface area contributed by atoms with Gasteiger partial charge in [0.1, 0.15) is 5.75 Å². The number of unbranched alkanes of at least 4 members (excludes halogenated alkanes) is 1. The number of hydrogen-bond acceptors (Lipinski definition) is 4. The molecule has 1 aromatic rings. The van der Waals surface area contributed by atoms with Crippen LogP contribution in [0.2, 0.25) is 0 Å². The molecule has 1 heterocycles. The van der Waals surface area contributed by atoms with Crippen LogP contribution < -0.4 is 15.4 Å². The number of urea groups is 1. The van der Waals surface area contributed by atoms with Crippen LogP contribution in [-0.2, 0) is 9.84 Å². The summed E-state index contributed by atoms with van der Waals surface area (Å²) in [4.78, 5) is 12.0. The number of amides is 2. The summed E-state index contributed by atoms with van der Waals surface area (Å²) < 4.78 is 28.4. The van der Waals surface area contributed by atoms with Crippen LogP contribution in [0.3, 0.4) is 0 Å². The van der Waals surface area contributed by atoms with Crippen molar-refractivity contribution in [3.8, 4) is 5.75 Å². The maximum absolute atomic E-state index is 12.0. The van der Waals surface area contributed by atoms with Crippen LogP contribution in [-0.4, -0.2) is 38.6 Å². The molecule has 0 bridgehead atoms. The predicted octanol–water partition coefficient (Wildman–Crippen LogP) is 2.48. The number of sulfone groups is 1. The minimum atomic E-state index is -3.00. The molecule has 1 aromatic carbocycles. The van der Waals surface area contributed by atoms with Crippen LogP contribution in [0.25, 0.3) is 0 Å². The number of ether oxygens (including phenoxy) is 1. The van der Waals surface area contributed by atoms with Crippen molar-refractivity contribution in [3.63, 3.8) is 0 Å². The first kappa shape index (κ1) is 17.6. The predicted molar refractivity (Wildman–Crippen MR) is 90.8 cm³/mol. The number of carbonyl (C=O) groups excluding carboxylic acids is 1. The van der Waals surface area contributed by atoms with E-state index in [9.17, 15) is 13.2 Å². The van der Waals surface area contributed by atoms with Gasteiger partial charge in [-0.1, -0.05) is 13.3 Å². The molecule has 0 radical (unpaired) electrons. The molecule has 128 valence electrons. The summed E-state index contributed by atoms with van der Waals surface area (Å²) in [6, 6.07) is 4.80. The number of hydrogen-bond donors (Lipinski definition) is 2. The van der Waals surface area contributed by atoms with Gasteiger partial charge in [-0.15, -0.1) is 0 Å². The first-order valence-electron chi connectivity index (χ1n) is 7.91. The van der Waals surface area contributed by atoms with Crippen molar-refractivity contribution in [2.45, 2.75) is 39.2 Å². The van der Waals surface area contributed by atoms with Crippen molar-refractivity contribution in [1.82, 2.24) is 5.32 Å². The lowest BCUT2D eigenvalue weighted by Gasteiger charge is -2.14. The number of aryl methyl sites for hydroxylation is 1. The molecule has 1 aliphatic rings. The zero-order chi connectivity index (χ0) is 16.9. The summed E-state index contributed by atoms with van der Waals surface area (Å²) in [5.74, 6) is 0.938. The summed E-state index contributed by atoms with van der Waals surface area (Å²) in [7, 11) is -3.00. The number of rotatable bonds is 6. The lowest BCUT2D eigenvalue weighted by Crippen LogP contribution is -2.38. The summed E-state index contributed by atoms with van der Waals surface area (Å²) in [6.45, 7) is 4.68. The van der Waals surface area contributed by atoms with E-state index in [2.05, 4.69) is 17.6 Å². The SMILES string of the molecule is CCCCOc1ccc(NC(=O)N[C@@H]2CCS(=O)(=O)C2)c(C)c1. The third-order valence-corrected chi connectivity index (χ3v) is 5.55.